The van der Waals surface area contributed by atoms with Gasteiger partial charge in [-0.15, -0.1) is 0 Å². The maximum Gasteiger partial charge on any atom is 0.407 e. The minimum Gasteiger partial charge on any atom is -0.316 e. The van der Waals surface area contributed by atoms with E-state index in [4.69, 9.17) is 5.73 Å². The van der Waals surface area contributed by atoms with Gasteiger partial charge < -0.3 is 5.73 Å². The second-order valence-electron chi connectivity index (χ2n) is 3.74. The molecule has 0 aliphatic rings. The molecule has 0 spiro atoms. The van der Waals surface area contributed by atoms with E-state index in [1.54, 1.807) is 18.2 Å². The number of nitrogens with two attached hydrogens (primary N) is 1. The zero-order chi connectivity index (χ0) is 12.6. The van der Waals surface area contributed by atoms with Crippen LogP contribution in [0.3, 0.4) is 0 Å². The van der Waals surface area contributed by atoms with Crippen LogP contribution in [0, 0.1) is 5.82 Å². The van der Waals surface area contributed by atoms with E-state index in [0.717, 1.165) is 6.07 Å². The number of hydrogen-bond acceptors (Lipinski definition) is 1. The molecule has 0 radical (unpaired) electrons. The smallest absolute Gasteiger partial charge is 0.316 e. The maximum atomic E-state index is 13.2. The van der Waals surface area contributed by atoms with Gasteiger partial charge in [0.25, 0.3) is 0 Å². The molecule has 1 atom stereocenters. The Morgan fingerprint density at radius 2 is 1.71 bits per heavy atom. The average Bonchev–Trinajstić information content (AvgIpc) is 2.25. The number of alkyl halides is 3. The Hall–Kier alpha value is -1.62. The van der Waals surface area contributed by atoms with Crippen LogP contribution in [0.15, 0.2) is 36.4 Å². The van der Waals surface area contributed by atoms with Crippen LogP contribution in [0.1, 0.15) is 11.6 Å². The van der Waals surface area contributed by atoms with E-state index in [1.807, 2.05) is 0 Å². The van der Waals surface area contributed by atoms with E-state index >= 15 is 0 Å². The molecule has 0 saturated heterocycles. The van der Waals surface area contributed by atoms with Gasteiger partial charge in [0.15, 0.2) is 0 Å². The second kappa shape index (κ2) is 4.00. The normalized spacial score (nSPS) is 13.9. The third-order valence-electron chi connectivity index (χ3n) is 2.55. The fraction of sp³-hybridized carbons (Fsp3) is 0.167. The van der Waals surface area contributed by atoms with Gasteiger partial charge in [0, 0.05) is 0 Å². The summed E-state index contributed by atoms with van der Waals surface area (Å²) in [4.78, 5) is 0. The van der Waals surface area contributed by atoms with Crippen LogP contribution in [-0.2, 0) is 0 Å². The van der Waals surface area contributed by atoms with Crippen molar-refractivity contribution in [1.82, 2.24) is 0 Å². The summed E-state index contributed by atoms with van der Waals surface area (Å²) in [6.07, 6.45) is -4.59. The molecule has 0 aliphatic heterocycles. The molecule has 0 saturated carbocycles. The lowest BCUT2D eigenvalue weighted by atomic mass is 9.98. The number of fused-ring (bicyclic) bond motifs is 1. The number of hydrogen-bond donors (Lipinski definition) is 1. The number of rotatable bonds is 1. The van der Waals surface area contributed by atoms with Gasteiger partial charge in [0.05, 0.1) is 0 Å². The highest BCUT2D eigenvalue weighted by Gasteiger charge is 2.38. The van der Waals surface area contributed by atoms with Crippen molar-refractivity contribution in [2.45, 2.75) is 12.2 Å². The van der Waals surface area contributed by atoms with E-state index < -0.39 is 18.0 Å². The first kappa shape index (κ1) is 11.9. The van der Waals surface area contributed by atoms with Crippen LogP contribution in [0.5, 0.6) is 0 Å². The van der Waals surface area contributed by atoms with Crippen LogP contribution < -0.4 is 5.73 Å². The Balaban J connectivity index is 2.68. The predicted octanol–water partition coefficient (Wildman–Crippen LogP) is 3.54. The topological polar surface area (TPSA) is 26.0 Å². The molecular weight excluding hydrogens is 234 g/mol. The molecule has 0 amide bonds. The first-order valence-corrected chi connectivity index (χ1v) is 4.90. The van der Waals surface area contributed by atoms with Crippen LogP contribution in [0.25, 0.3) is 10.8 Å². The van der Waals surface area contributed by atoms with Crippen LogP contribution in [-0.4, -0.2) is 6.18 Å². The zero-order valence-corrected chi connectivity index (χ0v) is 8.63. The van der Waals surface area contributed by atoms with E-state index in [1.165, 1.54) is 12.1 Å². The molecule has 0 heterocycles. The lowest BCUT2D eigenvalue weighted by Crippen LogP contribution is -2.28. The Morgan fingerprint density at radius 3 is 2.35 bits per heavy atom. The molecule has 0 unspecified atom stereocenters. The lowest BCUT2D eigenvalue weighted by molar-refractivity contribution is -0.148. The van der Waals surface area contributed by atoms with Crippen molar-refractivity contribution in [3.8, 4) is 0 Å². The van der Waals surface area contributed by atoms with Crippen molar-refractivity contribution in [3.63, 3.8) is 0 Å². The van der Waals surface area contributed by atoms with Gasteiger partial charge in [-0.05, 0) is 28.5 Å². The van der Waals surface area contributed by atoms with Gasteiger partial charge in [-0.3, -0.25) is 0 Å². The minimum atomic E-state index is -4.59. The lowest BCUT2D eigenvalue weighted by Gasteiger charge is -2.18. The summed E-state index contributed by atoms with van der Waals surface area (Å²) in [6.45, 7) is 0. The summed E-state index contributed by atoms with van der Waals surface area (Å²) in [5.41, 5.74) is 4.87. The molecular formula is C12H9F4N. The summed E-state index contributed by atoms with van der Waals surface area (Å²) < 4.78 is 50.9. The highest BCUT2D eigenvalue weighted by Crippen LogP contribution is 2.34. The minimum absolute atomic E-state index is 0.242. The van der Waals surface area contributed by atoms with Crippen LogP contribution >= 0.6 is 0 Å². The summed E-state index contributed by atoms with van der Waals surface area (Å²) in [5, 5.41) is 0.723. The SMILES string of the molecule is N[C@@H](c1cc(F)cc2ccccc12)C(F)(F)F. The van der Waals surface area contributed by atoms with Crippen molar-refractivity contribution >= 4 is 10.8 Å². The third-order valence-corrected chi connectivity index (χ3v) is 2.55. The monoisotopic (exact) mass is 243 g/mol. The van der Waals surface area contributed by atoms with E-state index in [9.17, 15) is 17.6 Å². The highest BCUT2D eigenvalue weighted by molar-refractivity contribution is 5.86. The van der Waals surface area contributed by atoms with E-state index in [-0.39, 0.29) is 5.56 Å². The van der Waals surface area contributed by atoms with Crippen molar-refractivity contribution in [2.24, 2.45) is 5.73 Å². The first-order valence-electron chi connectivity index (χ1n) is 4.90. The Morgan fingerprint density at radius 1 is 1.06 bits per heavy atom. The molecule has 2 aromatic carbocycles. The van der Waals surface area contributed by atoms with Crippen molar-refractivity contribution in [3.05, 3.63) is 47.8 Å². The van der Waals surface area contributed by atoms with Gasteiger partial charge in [0.2, 0.25) is 0 Å². The molecule has 2 aromatic rings. The molecule has 2 rings (SSSR count). The fourth-order valence-electron chi connectivity index (χ4n) is 1.74. The maximum absolute atomic E-state index is 13.2. The van der Waals surface area contributed by atoms with E-state index in [2.05, 4.69) is 0 Å². The molecule has 0 fully saturated rings. The molecule has 0 aromatic heterocycles. The van der Waals surface area contributed by atoms with E-state index in [0.29, 0.717) is 10.8 Å². The van der Waals surface area contributed by atoms with Gasteiger partial charge >= 0.3 is 6.18 Å². The second-order valence-corrected chi connectivity index (χ2v) is 3.74. The van der Waals surface area contributed by atoms with Gasteiger partial charge in [-0.1, -0.05) is 24.3 Å². The van der Waals surface area contributed by atoms with Crippen molar-refractivity contribution < 1.29 is 17.6 Å². The fourth-order valence-corrected chi connectivity index (χ4v) is 1.74. The Labute approximate surface area is 94.8 Å². The van der Waals surface area contributed by atoms with Crippen molar-refractivity contribution in [2.75, 3.05) is 0 Å². The first-order chi connectivity index (χ1) is 7.89. The van der Waals surface area contributed by atoms with Gasteiger partial charge in [-0.2, -0.15) is 13.2 Å². The number of benzene rings is 2. The number of halogens is 4. The molecule has 17 heavy (non-hydrogen) atoms. The molecule has 0 aliphatic carbocycles. The molecule has 0 bridgehead atoms. The third kappa shape index (κ3) is 2.24. The predicted molar refractivity (Wildman–Crippen MR) is 56.9 cm³/mol. The Bertz CT molecular complexity index is 548. The van der Waals surface area contributed by atoms with Crippen LogP contribution in [0.2, 0.25) is 0 Å². The largest absolute Gasteiger partial charge is 0.407 e. The molecule has 5 heteroatoms. The van der Waals surface area contributed by atoms with Crippen LogP contribution in [0.4, 0.5) is 17.6 Å². The standard InChI is InChI=1S/C12H9F4N/c13-8-5-7-3-1-2-4-9(7)10(6-8)11(17)12(14,15)16/h1-6,11H,17H2/t11-/m0/s1. The summed E-state index contributed by atoms with van der Waals surface area (Å²) in [6, 6.07) is 6.10. The summed E-state index contributed by atoms with van der Waals surface area (Å²) in [5.74, 6) is -0.724. The highest BCUT2D eigenvalue weighted by atomic mass is 19.4. The zero-order valence-electron chi connectivity index (χ0n) is 8.63. The van der Waals surface area contributed by atoms with Crippen molar-refractivity contribution in [1.29, 1.82) is 0 Å². The molecule has 2 N–H and O–H groups in total. The quantitative estimate of drug-likeness (QED) is 0.761. The Kier molecular flexibility index (Phi) is 2.79. The molecule has 90 valence electrons. The summed E-state index contributed by atoms with van der Waals surface area (Å²) in [7, 11) is 0. The average molecular weight is 243 g/mol. The van der Waals surface area contributed by atoms with Gasteiger partial charge in [0.1, 0.15) is 11.9 Å². The molecule has 1 nitrogen and oxygen atoms in total. The van der Waals surface area contributed by atoms with Gasteiger partial charge in [-0.25, -0.2) is 4.39 Å². The summed E-state index contributed by atoms with van der Waals surface area (Å²) >= 11 is 0.